The van der Waals surface area contributed by atoms with Crippen molar-refractivity contribution in [2.45, 2.75) is 50.9 Å². The largest absolute Gasteiger partial charge is 0.496 e. The number of hydrogen-bond donors (Lipinski definition) is 1. The van der Waals surface area contributed by atoms with Crippen molar-refractivity contribution in [3.8, 4) is 22.8 Å². The van der Waals surface area contributed by atoms with Crippen LogP contribution in [-0.2, 0) is 0 Å². The van der Waals surface area contributed by atoms with Crippen molar-refractivity contribution in [1.82, 2.24) is 14.3 Å². The number of halogens is 1. The molecular weight excluding hydrogens is 473 g/mol. The number of β-amino-alcohol motifs (C(OH)–C–C–N with tert-alkyl or cyclic N) is 1. The quantitative estimate of drug-likeness (QED) is 0.262. The summed E-state index contributed by atoms with van der Waals surface area (Å²) < 4.78 is 27.4. The number of methoxy groups -OCH3 is 1. The minimum atomic E-state index is -1.76. The van der Waals surface area contributed by atoms with Gasteiger partial charge in [-0.3, -0.25) is 14.1 Å². The van der Waals surface area contributed by atoms with E-state index in [9.17, 15) is 14.3 Å². The molecule has 8 heteroatoms. The van der Waals surface area contributed by atoms with Gasteiger partial charge in [0.1, 0.15) is 22.7 Å². The molecule has 1 aromatic carbocycles. The third kappa shape index (κ3) is 5.40. The molecule has 2 aromatic heterocycles. The number of ketones is 1. The van der Waals surface area contributed by atoms with Crippen LogP contribution < -0.4 is 9.47 Å². The molecule has 2 atom stereocenters. The number of fused-ring (bicyclic) bond motifs is 1. The van der Waals surface area contributed by atoms with Gasteiger partial charge in [-0.15, -0.1) is 0 Å². The van der Waals surface area contributed by atoms with Crippen LogP contribution in [0.2, 0.25) is 0 Å². The topological polar surface area (TPSA) is 76.3 Å². The van der Waals surface area contributed by atoms with Crippen LogP contribution in [0.1, 0.15) is 60.5 Å². The molecule has 1 saturated carbocycles. The number of carbonyl (C=O) groups is 1. The fourth-order valence-corrected chi connectivity index (χ4v) is 5.32. The molecule has 3 heterocycles. The standard InChI is InChI=1S/C29H34FN3O4/c1-3-27(30)37-26-16-21(15-25(36-2)29(26)24(35)9-8-19-6-7-19)23-18-31-28-17-20(10-12-33(23)28)22-5-4-11-32(22)13-14-34/h3,10,12,15-19,22,27,34H,1,4-9,11,13-14H2,2H3. The number of alkyl halides is 1. The number of ether oxygens (including phenoxy) is 2. The van der Waals surface area contributed by atoms with Gasteiger partial charge in [-0.25, -0.2) is 4.98 Å². The van der Waals surface area contributed by atoms with E-state index in [2.05, 4.69) is 28.6 Å². The molecule has 0 spiro atoms. The Morgan fingerprint density at radius 1 is 1.30 bits per heavy atom. The molecule has 0 bridgehead atoms. The van der Waals surface area contributed by atoms with E-state index in [1.54, 1.807) is 18.3 Å². The van der Waals surface area contributed by atoms with Crippen molar-refractivity contribution in [3.05, 3.63) is 60.4 Å². The van der Waals surface area contributed by atoms with Crippen molar-refractivity contribution >= 4 is 11.4 Å². The first-order valence-electron chi connectivity index (χ1n) is 13.0. The molecule has 196 valence electrons. The summed E-state index contributed by atoms with van der Waals surface area (Å²) in [6.07, 6.45) is 8.68. The molecule has 0 radical (unpaired) electrons. The number of hydrogen-bond acceptors (Lipinski definition) is 6. The Morgan fingerprint density at radius 2 is 2.11 bits per heavy atom. The Kier molecular flexibility index (Phi) is 7.58. The number of rotatable bonds is 12. The number of aliphatic hydroxyl groups is 1. The van der Waals surface area contributed by atoms with Crippen LogP contribution in [0.4, 0.5) is 4.39 Å². The van der Waals surface area contributed by atoms with Crippen LogP contribution >= 0.6 is 0 Å². The molecule has 0 amide bonds. The lowest BCUT2D eigenvalue weighted by Gasteiger charge is -2.24. The zero-order valence-corrected chi connectivity index (χ0v) is 21.2. The van der Waals surface area contributed by atoms with Gasteiger partial charge in [-0.05, 0) is 67.6 Å². The Balaban J connectivity index is 1.51. The van der Waals surface area contributed by atoms with E-state index in [1.165, 1.54) is 12.7 Å². The second-order valence-corrected chi connectivity index (χ2v) is 9.91. The average molecular weight is 508 g/mol. The van der Waals surface area contributed by atoms with Gasteiger partial charge < -0.3 is 14.6 Å². The number of carbonyl (C=O) groups excluding carboxylic acids is 1. The first-order valence-corrected chi connectivity index (χ1v) is 13.0. The zero-order valence-electron chi connectivity index (χ0n) is 21.2. The normalized spacial score (nSPS) is 18.7. The van der Waals surface area contributed by atoms with E-state index in [4.69, 9.17) is 9.47 Å². The van der Waals surface area contributed by atoms with Gasteiger partial charge in [0.15, 0.2) is 5.78 Å². The lowest BCUT2D eigenvalue weighted by molar-refractivity contribution is 0.0940. The highest BCUT2D eigenvalue weighted by atomic mass is 19.1. The van der Waals surface area contributed by atoms with E-state index in [-0.39, 0.29) is 29.7 Å². The molecule has 1 saturated heterocycles. The number of nitrogens with zero attached hydrogens (tertiary/aromatic N) is 3. The van der Waals surface area contributed by atoms with Gasteiger partial charge in [0.25, 0.3) is 6.36 Å². The van der Waals surface area contributed by atoms with Crippen molar-refractivity contribution in [3.63, 3.8) is 0 Å². The summed E-state index contributed by atoms with van der Waals surface area (Å²) in [7, 11) is 1.50. The van der Waals surface area contributed by atoms with Crippen LogP contribution in [0.3, 0.4) is 0 Å². The maximum absolute atomic E-state index is 14.3. The minimum absolute atomic E-state index is 0.117. The monoisotopic (exact) mass is 507 g/mol. The maximum Gasteiger partial charge on any atom is 0.257 e. The summed E-state index contributed by atoms with van der Waals surface area (Å²) >= 11 is 0. The summed E-state index contributed by atoms with van der Waals surface area (Å²) in [4.78, 5) is 20.1. The SMILES string of the molecule is C=CC(F)Oc1cc(-c2cnc3cc(C4CCCN4CCO)ccn23)cc(OC)c1C(=O)CCC1CC1. The van der Waals surface area contributed by atoms with E-state index >= 15 is 0 Å². The Hall–Kier alpha value is -3.23. The molecule has 7 nitrogen and oxygen atoms in total. The Bertz CT molecular complexity index is 1290. The number of aliphatic hydroxyl groups excluding tert-OH is 1. The van der Waals surface area contributed by atoms with Crippen LogP contribution in [-0.4, -0.2) is 58.3 Å². The molecular formula is C29H34FN3O4. The number of Topliss-reactive ketones (excluding diaryl/α,β-unsaturated/α-hetero) is 1. The second kappa shape index (κ2) is 11.0. The molecule has 1 aliphatic heterocycles. The third-order valence-electron chi connectivity index (χ3n) is 7.43. The van der Waals surface area contributed by atoms with E-state index in [0.717, 1.165) is 56.1 Å². The highest BCUT2D eigenvalue weighted by Crippen LogP contribution is 2.40. The van der Waals surface area contributed by atoms with Crippen LogP contribution in [0.15, 0.2) is 49.3 Å². The smallest absolute Gasteiger partial charge is 0.257 e. The highest BCUT2D eigenvalue weighted by molar-refractivity contribution is 6.02. The number of aromatic nitrogens is 2. The van der Waals surface area contributed by atoms with Gasteiger partial charge in [-0.2, -0.15) is 4.39 Å². The molecule has 1 aliphatic carbocycles. The summed E-state index contributed by atoms with van der Waals surface area (Å²) in [5.41, 5.74) is 3.68. The molecule has 1 N–H and O–H groups in total. The fourth-order valence-electron chi connectivity index (χ4n) is 5.32. The van der Waals surface area contributed by atoms with E-state index in [0.29, 0.717) is 30.2 Å². The predicted octanol–water partition coefficient (Wildman–Crippen LogP) is 5.37. The molecule has 3 aromatic rings. The van der Waals surface area contributed by atoms with Crippen molar-refractivity contribution in [1.29, 1.82) is 0 Å². The number of benzene rings is 1. The van der Waals surface area contributed by atoms with E-state index < -0.39 is 6.36 Å². The van der Waals surface area contributed by atoms with Gasteiger partial charge in [0, 0.05) is 30.8 Å². The van der Waals surface area contributed by atoms with Gasteiger partial charge in [-0.1, -0.05) is 19.4 Å². The first kappa shape index (κ1) is 25.4. The lowest BCUT2D eigenvalue weighted by Crippen LogP contribution is -2.26. The summed E-state index contributed by atoms with van der Waals surface area (Å²) in [6, 6.07) is 7.89. The van der Waals surface area contributed by atoms with Crippen molar-refractivity contribution in [2.75, 3.05) is 26.8 Å². The summed E-state index contributed by atoms with van der Waals surface area (Å²) in [5, 5.41) is 9.41. The summed E-state index contributed by atoms with van der Waals surface area (Å²) in [6.45, 7) is 5.24. The molecule has 2 aliphatic rings. The zero-order chi connectivity index (χ0) is 25.9. The molecule has 5 rings (SSSR count). The molecule has 2 fully saturated rings. The fraction of sp³-hybridized carbons (Fsp3) is 0.448. The third-order valence-corrected chi connectivity index (χ3v) is 7.43. The second-order valence-electron chi connectivity index (χ2n) is 9.91. The minimum Gasteiger partial charge on any atom is -0.496 e. The molecule has 2 unspecified atom stereocenters. The van der Waals surface area contributed by atoms with Gasteiger partial charge in [0.05, 0.1) is 25.6 Å². The predicted molar refractivity (Wildman–Crippen MR) is 140 cm³/mol. The molecule has 37 heavy (non-hydrogen) atoms. The van der Waals surface area contributed by atoms with Gasteiger partial charge in [0.2, 0.25) is 0 Å². The van der Waals surface area contributed by atoms with Crippen molar-refractivity contribution < 1.29 is 23.8 Å². The lowest BCUT2D eigenvalue weighted by atomic mass is 9.99. The van der Waals surface area contributed by atoms with Gasteiger partial charge >= 0.3 is 0 Å². The number of pyridine rings is 1. The highest BCUT2D eigenvalue weighted by Gasteiger charge is 2.28. The summed E-state index contributed by atoms with van der Waals surface area (Å²) in [5.74, 6) is 0.971. The Labute approximate surface area is 216 Å². The maximum atomic E-state index is 14.3. The number of imidazole rings is 1. The van der Waals surface area contributed by atoms with E-state index in [1.807, 2.05) is 10.6 Å². The average Bonchev–Trinajstić information content (AvgIpc) is 3.46. The van der Waals surface area contributed by atoms with Crippen molar-refractivity contribution in [2.24, 2.45) is 5.92 Å². The Morgan fingerprint density at radius 3 is 2.84 bits per heavy atom. The van der Waals surface area contributed by atoms with Crippen LogP contribution in [0.5, 0.6) is 11.5 Å². The van der Waals surface area contributed by atoms with Crippen LogP contribution in [0, 0.1) is 5.92 Å². The first-order chi connectivity index (χ1) is 18.0. The van der Waals surface area contributed by atoms with Crippen LogP contribution in [0.25, 0.3) is 16.9 Å². The number of likely N-dealkylation sites (tertiary alicyclic amines) is 1.